The number of alkyl halides is 1. The quantitative estimate of drug-likeness (QED) is 0.601. The molecule has 2 rings (SSSR count). The number of halogens is 1. The molecule has 0 aromatic heterocycles. The lowest BCUT2D eigenvalue weighted by atomic mass is 9.99. The Labute approximate surface area is 127 Å². The molecule has 2 aromatic carbocycles. The summed E-state index contributed by atoms with van der Waals surface area (Å²) in [6.45, 7) is 2.03. The van der Waals surface area contributed by atoms with Crippen LogP contribution in [0.15, 0.2) is 54.6 Å². The highest BCUT2D eigenvalue weighted by molar-refractivity contribution is 9.10. The van der Waals surface area contributed by atoms with Crippen molar-refractivity contribution in [2.75, 3.05) is 7.11 Å². The maximum atomic E-state index is 12.5. The van der Waals surface area contributed by atoms with E-state index in [-0.39, 0.29) is 11.9 Å². The Balaban J connectivity index is 2.23. The number of ketones is 1. The molecule has 0 radical (unpaired) electrons. The molecule has 0 spiro atoms. The molecule has 0 unspecified atom stereocenters. The molecule has 2 atom stereocenters. The number of aryl methyl sites for hydroxylation is 1. The number of hydrogen-bond acceptors (Lipinski definition) is 2. The molecule has 3 heteroatoms. The maximum Gasteiger partial charge on any atom is 0.179 e. The van der Waals surface area contributed by atoms with E-state index in [2.05, 4.69) is 15.9 Å². The number of Topliss-reactive ketones (excluding diaryl/α,β-unsaturated/α-hetero) is 1. The fraction of sp³-hybridized carbons (Fsp3) is 0.235. The number of benzene rings is 2. The Hall–Kier alpha value is -1.45. The van der Waals surface area contributed by atoms with Gasteiger partial charge in [-0.1, -0.05) is 76.1 Å². The summed E-state index contributed by atoms with van der Waals surface area (Å²) in [7, 11) is 1.62. The van der Waals surface area contributed by atoms with Crippen LogP contribution in [0.4, 0.5) is 0 Å². The van der Waals surface area contributed by atoms with Crippen LogP contribution in [0.3, 0.4) is 0 Å². The van der Waals surface area contributed by atoms with Gasteiger partial charge in [-0.2, -0.15) is 0 Å². The van der Waals surface area contributed by atoms with Crippen molar-refractivity contribution < 1.29 is 9.53 Å². The lowest BCUT2D eigenvalue weighted by molar-refractivity contribution is 0.0770. The third kappa shape index (κ3) is 3.35. The summed E-state index contributed by atoms with van der Waals surface area (Å²) in [5.41, 5.74) is 2.86. The SMILES string of the molecule is CO[C@H](c1ccc(C)cc1)[C@@H](Br)C(=O)c1ccccc1. The molecule has 0 aliphatic carbocycles. The highest BCUT2D eigenvalue weighted by atomic mass is 79.9. The summed E-state index contributed by atoms with van der Waals surface area (Å²) in [5.74, 6) is 0.0259. The van der Waals surface area contributed by atoms with E-state index in [1.54, 1.807) is 7.11 Å². The molecule has 0 heterocycles. The zero-order valence-electron chi connectivity index (χ0n) is 11.5. The predicted molar refractivity (Wildman–Crippen MR) is 84.4 cm³/mol. The molecule has 2 nitrogen and oxygen atoms in total. The first-order chi connectivity index (χ1) is 9.63. The summed E-state index contributed by atoms with van der Waals surface area (Å²) in [6.07, 6.45) is -0.302. The highest BCUT2D eigenvalue weighted by Crippen LogP contribution is 2.28. The molecule has 0 amide bonds. The number of carbonyl (C=O) groups is 1. The lowest BCUT2D eigenvalue weighted by Crippen LogP contribution is -2.24. The van der Waals surface area contributed by atoms with E-state index >= 15 is 0 Å². The van der Waals surface area contributed by atoms with Crippen molar-refractivity contribution in [3.63, 3.8) is 0 Å². The normalized spacial score (nSPS) is 13.8. The number of rotatable bonds is 5. The van der Waals surface area contributed by atoms with Crippen LogP contribution < -0.4 is 0 Å². The second-order valence-electron chi connectivity index (χ2n) is 4.70. The molecular weight excluding hydrogens is 316 g/mol. The van der Waals surface area contributed by atoms with Crippen LogP contribution >= 0.6 is 15.9 Å². The highest BCUT2D eigenvalue weighted by Gasteiger charge is 2.27. The molecule has 0 aliphatic heterocycles. The summed E-state index contributed by atoms with van der Waals surface area (Å²) in [4.78, 5) is 12.1. The predicted octanol–water partition coefficient (Wildman–Crippen LogP) is 4.33. The van der Waals surface area contributed by atoms with Gasteiger partial charge in [0.1, 0.15) is 10.9 Å². The van der Waals surface area contributed by atoms with Gasteiger partial charge in [-0.25, -0.2) is 0 Å². The van der Waals surface area contributed by atoms with E-state index in [4.69, 9.17) is 4.74 Å². The lowest BCUT2D eigenvalue weighted by Gasteiger charge is -2.21. The van der Waals surface area contributed by atoms with E-state index in [9.17, 15) is 4.79 Å². The van der Waals surface area contributed by atoms with Crippen LogP contribution in [0, 0.1) is 6.92 Å². The van der Waals surface area contributed by atoms with Crippen LogP contribution in [-0.4, -0.2) is 17.7 Å². The number of hydrogen-bond donors (Lipinski definition) is 0. The minimum absolute atomic E-state index is 0.0259. The van der Waals surface area contributed by atoms with Crippen molar-refractivity contribution in [3.8, 4) is 0 Å². The fourth-order valence-corrected chi connectivity index (χ4v) is 2.87. The summed E-state index contributed by atoms with van der Waals surface area (Å²) < 4.78 is 5.51. The van der Waals surface area contributed by atoms with Crippen LogP contribution in [0.1, 0.15) is 27.6 Å². The van der Waals surface area contributed by atoms with Gasteiger partial charge in [-0.15, -0.1) is 0 Å². The zero-order valence-corrected chi connectivity index (χ0v) is 13.1. The van der Waals surface area contributed by atoms with Gasteiger partial charge in [0.15, 0.2) is 5.78 Å². The second-order valence-corrected chi connectivity index (χ2v) is 5.69. The molecule has 0 fully saturated rings. The molecule has 0 bridgehead atoms. The van der Waals surface area contributed by atoms with Gasteiger partial charge in [0, 0.05) is 12.7 Å². The summed E-state index contributed by atoms with van der Waals surface area (Å²) in [6, 6.07) is 17.3. The van der Waals surface area contributed by atoms with Gasteiger partial charge in [-0.3, -0.25) is 4.79 Å². The molecule has 0 saturated carbocycles. The minimum atomic E-state index is -0.405. The van der Waals surface area contributed by atoms with E-state index in [1.807, 2.05) is 61.5 Å². The van der Waals surface area contributed by atoms with E-state index < -0.39 is 4.83 Å². The first-order valence-corrected chi connectivity index (χ1v) is 7.37. The smallest absolute Gasteiger partial charge is 0.179 e. The van der Waals surface area contributed by atoms with Gasteiger partial charge < -0.3 is 4.74 Å². The Morgan fingerprint density at radius 1 is 1.05 bits per heavy atom. The van der Waals surface area contributed by atoms with Crippen molar-refractivity contribution in [1.29, 1.82) is 0 Å². The Morgan fingerprint density at radius 3 is 2.20 bits per heavy atom. The molecule has 2 aromatic rings. The molecule has 0 saturated heterocycles. The zero-order chi connectivity index (χ0) is 14.5. The van der Waals surface area contributed by atoms with Gasteiger partial charge >= 0.3 is 0 Å². The molecule has 20 heavy (non-hydrogen) atoms. The average Bonchev–Trinajstić information content (AvgIpc) is 2.50. The fourth-order valence-electron chi connectivity index (χ4n) is 2.08. The largest absolute Gasteiger partial charge is 0.375 e. The maximum absolute atomic E-state index is 12.5. The van der Waals surface area contributed by atoms with Crippen molar-refractivity contribution in [2.45, 2.75) is 17.9 Å². The van der Waals surface area contributed by atoms with Crippen LogP contribution in [0.25, 0.3) is 0 Å². The van der Waals surface area contributed by atoms with Crippen LogP contribution in [-0.2, 0) is 4.74 Å². The number of methoxy groups -OCH3 is 1. The van der Waals surface area contributed by atoms with Gasteiger partial charge in [0.05, 0.1) is 0 Å². The Bertz CT molecular complexity index is 563. The monoisotopic (exact) mass is 332 g/mol. The third-order valence-corrected chi connectivity index (χ3v) is 4.13. The van der Waals surface area contributed by atoms with E-state index in [1.165, 1.54) is 5.56 Å². The Morgan fingerprint density at radius 2 is 1.65 bits per heavy atom. The Kier molecular flexibility index (Phi) is 5.10. The number of carbonyl (C=O) groups excluding carboxylic acids is 1. The molecular formula is C17H17BrO2. The van der Waals surface area contributed by atoms with Crippen molar-refractivity contribution >= 4 is 21.7 Å². The third-order valence-electron chi connectivity index (χ3n) is 3.23. The summed E-state index contributed by atoms with van der Waals surface area (Å²) in [5, 5.41) is 0. The van der Waals surface area contributed by atoms with E-state index in [0.717, 1.165) is 5.56 Å². The van der Waals surface area contributed by atoms with E-state index in [0.29, 0.717) is 5.56 Å². The van der Waals surface area contributed by atoms with Crippen molar-refractivity contribution in [3.05, 3.63) is 71.3 Å². The molecule has 0 N–H and O–H groups in total. The first kappa shape index (κ1) is 14.9. The standard InChI is InChI=1S/C17H17BrO2/c1-12-8-10-14(11-9-12)17(20-2)15(18)16(19)13-6-4-3-5-7-13/h3-11,15,17H,1-2H3/t15-,17+/m0/s1. The number of ether oxygens (including phenoxy) is 1. The van der Waals surface area contributed by atoms with Crippen LogP contribution in [0.5, 0.6) is 0 Å². The van der Waals surface area contributed by atoms with Crippen molar-refractivity contribution in [2.24, 2.45) is 0 Å². The van der Waals surface area contributed by atoms with Gasteiger partial charge in [-0.05, 0) is 12.5 Å². The van der Waals surface area contributed by atoms with Gasteiger partial charge in [0.2, 0.25) is 0 Å². The second kappa shape index (κ2) is 6.82. The minimum Gasteiger partial charge on any atom is -0.375 e. The van der Waals surface area contributed by atoms with Crippen molar-refractivity contribution in [1.82, 2.24) is 0 Å². The molecule has 0 aliphatic rings. The molecule has 104 valence electrons. The first-order valence-electron chi connectivity index (χ1n) is 6.46. The summed E-state index contributed by atoms with van der Waals surface area (Å²) >= 11 is 3.49. The van der Waals surface area contributed by atoms with Gasteiger partial charge in [0.25, 0.3) is 0 Å². The average molecular weight is 333 g/mol. The topological polar surface area (TPSA) is 26.3 Å². The van der Waals surface area contributed by atoms with Crippen LogP contribution in [0.2, 0.25) is 0 Å².